The lowest BCUT2D eigenvalue weighted by Gasteiger charge is -2.37. The maximum Gasteiger partial charge on any atom is 0.236 e. The van der Waals surface area contributed by atoms with Crippen LogP contribution in [0.1, 0.15) is 26.7 Å². The van der Waals surface area contributed by atoms with E-state index in [1.807, 2.05) is 0 Å². The minimum atomic E-state index is -0.754. The Morgan fingerprint density at radius 2 is 2.20 bits per heavy atom. The monoisotopic (exact) mass is 213 g/mol. The van der Waals surface area contributed by atoms with Gasteiger partial charge in [-0.2, -0.15) is 0 Å². The molecule has 1 aliphatic heterocycles. The molecule has 5 heteroatoms. The van der Waals surface area contributed by atoms with Gasteiger partial charge >= 0.3 is 0 Å². The molecule has 0 aromatic carbocycles. The summed E-state index contributed by atoms with van der Waals surface area (Å²) in [5.74, 6) is -0.504. The molecule has 0 aromatic heterocycles. The molecule has 0 radical (unpaired) electrons. The first-order chi connectivity index (χ1) is 6.82. The Labute approximate surface area is 89.8 Å². The van der Waals surface area contributed by atoms with E-state index in [1.165, 1.54) is 0 Å². The number of piperidine rings is 1. The van der Waals surface area contributed by atoms with Crippen molar-refractivity contribution in [2.45, 2.75) is 32.7 Å². The second-order valence-electron chi connectivity index (χ2n) is 4.94. The summed E-state index contributed by atoms with van der Waals surface area (Å²) in [5, 5.41) is 0. The van der Waals surface area contributed by atoms with E-state index in [4.69, 9.17) is 11.5 Å². The first kappa shape index (κ1) is 12.0. The molecular formula is C10H19N3O2. The van der Waals surface area contributed by atoms with E-state index in [0.717, 1.165) is 6.42 Å². The Kier molecular flexibility index (Phi) is 3.34. The van der Waals surface area contributed by atoms with Crippen LogP contribution in [0.4, 0.5) is 0 Å². The Bertz CT molecular complexity index is 276. The molecule has 86 valence electrons. The quantitative estimate of drug-likeness (QED) is 0.659. The molecule has 1 rings (SSSR count). The molecule has 15 heavy (non-hydrogen) atoms. The highest BCUT2D eigenvalue weighted by molar-refractivity contribution is 5.82. The van der Waals surface area contributed by atoms with Crippen molar-refractivity contribution < 1.29 is 9.59 Å². The molecule has 1 heterocycles. The standard InChI is InChI=1S/C10H19N3O2/c1-10(2)3-4-13(8(14)5-10)6-7(11)9(12)15/h7H,3-6,11H2,1-2H3,(H2,12,15). The lowest BCUT2D eigenvalue weighted by atomic mass is 9.82. The maximum atomic E-state index is 11.7. The Hall–Kier alpha value is -1.10. The van der Waals surface area contributed by atoms with Gasteiger partial charge in [0.2, 0.25) is 11.8 Å². The van der Waals surface area contributed by atoms with E-state index in [2.05, 4.69) is 13.8 Å². The van der Waals surface area contributed by atoms with Crippen LogP contribution in [0, 0.1) is 5.41 Å². The fourth-order valence-electron chi connectivity index (χ4n) is 1.69. The number of hydrogen-bond donors (Lipinski definition) is 2. The Morgan fingerprint density at radius 1 is 1.60 bits per heavy atom. The predicted molar refractivity (Wildman–Crippen MR) is 56.8 cm³/mol. The van der Waals surface area contributed by atoms with Crippen LogP contribution < -0.4 is 11.5 Å². The Balaban J connectivity index is 2.52. The van der Waals surface area contributed by atoms with Gasteiger partial charge in [-0.25, -0.2) is 0 Å². The molecule has 4 N–H and O–H groups in total. The number of amides is 2. The number of nitrogens with two attached hydrogens (primary N) is 2. The van der Waals surface area contributed by atoms with Crippen LogP contribution in [0.5, 0.6) is 0 Å². The molecule has 0 aromatic rings. The molecule has 1 unspecified atom stereocenters. The summed E-state index contributed by atoms with van der Waals surface area (Å²) in [4.78, 5) is 24.1. The number of rotatable bonds is 3. The second-order valence-corrected chi connectivity index (χ2v) is 4.94. The number of nitrogens with zero attached hydrogens (tertiary/aromatic N) is 1. The van der Waals surface area contributed by atoms with Gasteiger partial charge in [-0.3, -0.25) is 9.59 Å². The summed E-state index contributed by atoms with van der Waals surface area (Å²) in [6.07, 6.45) is 1.45. The zero-order valence-electron chi connectivity index (χ0n) is 9.32. The average Bonchev–Trinajstić information content (AvgIpc) is 2.08. The number of carbonyl (C=O) groups excluding carboxylic acids is 2. The van der Waals surface area contributed by atoms with Crippen LogP contribution in [0.3, 0.4) is 0 Å². The summed E-state index contributed by atoms with van der Waals surface area (Å²) in [7, 11) is 0. The molecular weight excluding hydrogens is 194 g/mol. The van der Waals surface area contributed by atoms with Crippen LogP contribution in [-0.4, -0.2) is 35.8 Å². The van der Waals surface area contributed by atoms with E-state index in [1.54, 1.807) is 4.90 Å². The van der Waals surface area contributed by atoms with Crippen molar-refractivity contribution in [3.8, 4) is 0 Å². The third-order valence-corrected chi connectivity index (χ3v) is 2.82. The van der Waals surface area contributed by atoms with Crippen molar-refractivity contribution in [3.63, 3.8) is 0 Å². The van der Waals surface area contributed by atoms with Gasteiger partial charge in [-0.05, 0) is 11.8 Å². The van der Waals surface area contributed by atoms with Crippen LogP contribution in [-0.2, 0) is 9.59 Å². The maximum absolute atomic E-state index is 11.7. The van der Waals surface area contributed by atoms with E-state index in [0.29, 0.717) is 13.0 Å². The number of likely N-dealkylation sites (tertiary alicyclic amines) is 1. The van der Waals surface area contributed by atoms with E-state index in [9.17, 15) is 9.59 Å². The molecule has 1 fully saturated rings. The van der Waals surface area contributed by atoms with Gasteiger partial charge in [0.25, 0.3) is 0 Å². The third-order valence-electron chi connectivity index (χ3n) is 2.82. The van der Waals surface area contributed by atoms with Gasteiger partial charge in [-0.15, -0.1) is 0 Å². The minimum absolute atomic E-state index is 0.0583. The van der Waals surface area contributed by atoms with Crippen molar-refractivity contribution in [1.82, 2.24) is 4.90 Å². The van der Waals surface area contributed by atoms with Gasteiger partial charge in [0.05, 0.1) is 0 Å². The highest BCUT2D eigenvalue weighted by atomic mass is 16.2. The molecule has 1 atom stereocenters. The number of hydrogen-bond acceptors (Lipinski definition) is 3. The van der Waals surface area contributed by atoms with Crippen LogP contribution in [0.25, 0.3) is 0 Å². The largest absolute Gasteiger partial charge is 0.368 e. The lowest BCUT2D eigenvalue weighted by molar-refractivity contribution is -0.137. The summed E-state index contributed by atoms with van der Waals surface area (Å²) >= 11 is 0. The highest BCUT2D eigenvalue weighted by Crippen LogP contribution is 2.30. The van der Waals surface area contributed by atoms with Crippen molar-refractivity contribution in [3.05, 3.63) is 0 Å². The van der Waals surface area contributed by atoms with Gasteiger partial charge in [0.15, 0.2) is 0 Å². The molecule has 0 spiro atoms. The topological polar surface area (TPSA) is 89.4 Å². The second kappa shape index (κ2) is 4.18. The molecule has 5 nitrogen and oxygen atoms in total. The van der Waals surface area contributed by atoms with Crippen molar-refractivity contribution in [2.24, 2.45) is 16.9 Å². The predicted octanol–water partition coefficient (Wildman–Crippen LogP) is -0.552. The fraction of sp³-hybridized carbons (Fsp3) is 0.800. The Morgan fingerprint density at radius 3 is 2.67 bits per heavy atom. The molecule has 1 saturated heterocycles. The van der Waals surface area contributed by atoms with E-state index in [-0.39, 0.29) is 17.9 Å². The normalized spacial score (nSPS) is 22.6. The molecule has 0 aliphatic carbocycles. The van der Waals surface area contributed by atoms with Gasteiger partial charge in [0, 0.05) is 19.5 Å². The van der Waals surface area contributed by atoms with E-state index >= 15 is 0 Å². The first-order valence-electron chi connectivity index (χ1n) is 5.14. The summed E-state index contributed by atoms with van der Waals surface area (Å²) in [5.41, 5.74) is 10.6. The highest BCUT2D eigenvalue weighted by Gasteiger charge is 2.32. The van der Waals surface area contributed by atoms with Crippen LogP contribution in [0.2, 0.25) is 0 Å². The van der Waals surface area contributed by atoms with Crippen LogP contribution in [0.15, 0.2) is 0 Å². The minimum Gasteiger partial charge on any atom is -0.368 e. The molecule has 1 aliphatic rings. The first-order valence-corrected chi connectivity index (χ1v) is 5.14. The molecule has 0 saturated carbocycles. The van der Waals surface area contributed by atoms with Crippen molar-refractivity contribution in [1.29, 1.82) is 0 Å². The molecule has 0 bridgehead atoms. The fourth-order valence-corrected chi connectivity index (χ4v) is 1.69. The summed E-state index contributed by atoms with van der Waals surface area (Å²) < 4.78 is 0. The van der Waals surface area contributed by atoms with E-state index < -0.39 is 11.9 Å². The summed E-state index contributed by atoms with van der Waals surface area (Å²) in [6.45, 7) is 5.03. The van der Waals surface area contributed by atoms with Gasteiger partial charge in [-0.1, -0.05) is 13.8 Å². The van der Waals surface area contributed by atoms with Crippen molar-refractivity contribution >= 4 is 11.8 Å². The van der Waals surface area contributed by atoms with Crippen molar-refractivity contribution in [2.75, 3.05) is 13.1 Å². The number of primary amides is 1. The SMILES string of the molecule is CC1(C)CCN(CC(N)C(N)=O)C(=O)C1. The smallest absolute Gasteiger partial charge is 0.236 e. The zero-order valence-corrected chi connectivity index (χ0v) is 9.32. The summed E-state index contributed by atoms with van der Waals surface area (Å²) in [6, 6.07) is -0.754. The average molecular weight is 213 g/mol. The third kappa shape index (κ3) is 3.20. The lowest BCUT2D eigenvalue weighted by Crippen LogP contribution is -2.51. The van der Waals surface area contributed by atoms with Gasteiger partial charge < -0.3 is 16.4 Å². The number of carbonyl (C=O) groups is 2. The van der Waals surface area contributed by atoms with Crippen LogP contribution >= 0.6 is 0 Å². The zero-order chi connectivity index (χ0) is 11.6. The molecule has 2 amide bonds. The van der Waals surface area contributed by atoms with Gasteiger partial charge in [0.1, 0.15) is 6.04 Å².